The molecule has 0 fully saturated rings. The van der Waals surface area contributed by atoms with Gasteiger partial charge >= 0.3 is 0 Å². The Morgan fingerprint density at radius 3 is 2.56 bits per heavy atom. The molecule has 11 nitrogen and oxygen atoms in total. The van der Waals surface area contributed by atoms with Crippen LogP contribution in [0.15, 0.2) is 70.8 Å². The number of amides is 3. The number of unbranched alkanes of at least 4 members (excludes halogenated alkanes) is 1. The van der Waals surface area contributed by atoms with Crippen LogP contribution in [0.4, 0.5) is 0 Å². The highest BCUT2D eigenvalue weighted by Gasteiger charge is 2.33. The number of aryl methyl sites for hydroxylation is 1. The Morgan fingerprint density at radius 2 is 1.85 bits per heavy atom. The van der Waals surface area contributed by atoms with Crippen LogP contribution < -0.4 is 22.1 Å². The minimum absolute atomic E-state index is 0.193. The summed E-state index contributed by atoms with van der Waals surface area (Å²) in [5.41, 5.74) is 14.9. The third-order valence-electron chi connectivity index (χ3n) is 8.07. The van der Waals surface area contributed by atoms with Gasteiger partial charge in [0, 0.05) is 53.2 Å². The fraction of sp³-hybridized carbons (Fsp3) is 0.353. The number of aromatic amines is 1. The topological polar surface area (TPSA) is 179 Å². The molecule has 0 saturated heterocycles. The van der Waals surface area contributed by atoms with Crippen molar-refractivity contribution in [2.24, 2.45) is 11.5 Å². The van der Waals surface area contributed by atoms with Gasteiger partial charge in [-0.3, -0.25) is 19.7 Å². The predicted octanol–water partition coefficient (Wildman–Crippen LogP) is 3.95. The number of carbonyl (C=O) groups is 3. The van der Waals surface area contributed by atoms with Crippen molar-refractivity contribution in [2.75, 3.05) is 20.2 Å². The molecule has 256 valence electrons. The number of pyridine rings is 1. The zero-order chi connectivity index (χ0) is 34.8. The number of benzene rings is 2. The van der Waals surface area contributed by atoms with Crippen LogP contribution in [0.2, 0.25) is 10.0 Å². The summed E-state index contributed by atoms with van der Waals surface area (Å²) < 4.78 is 0. The second kappa shape index (κ2) is 17.7. The average molecular weight is 715 g/mol. The van der Waals surface area contributed by atoms with Crippen LogP contribution in [0.1, 0.15) is 36.0 Å². The highest BCUT2D eigenvalue weighted by atomic mass is 35.5. The summed E-state index contributed by atoms with van der Waals surface area (Å²) in [5, 5.41) is 18.7. The van der Waals surface area contributed by atoms with Gasteiger partial charge in [0.2, 0.25) is 17.7 Å². The first-order valence-electron chi connectivity index (χ1n) is 15.6. The van der Waals surface area contributed by atoms with Crippen molar-refractivity contribution in [2.45, 2.75) is 67.2 Å². The first-order chi connectivity index (χ1) is 23.0. The summed E-state index contributed by atoms with van der Waals surface area (Å²) in [5.74, 6) is -1.71. The van der Waals surface area contributed by atoms with E-state index in [1.165, 1.54) is 23.7 Å². The number of aliphatic hydroxyl groups is 1. The Morgan fingerprint density at radius 1 is 1.08 bits per heavy atom. The molecule has 0 aliphatic carbocycles. The number of H-pyrrole nitrogens is 1. The number of halogens is 2. The van der Waals surface area contributed by atoms with E-state index in [0.29, 0.717) is 34.5 Å². The molecule has 3 amide bonds. The van der Waals surface area contributed by atoms with Crippen LogP contribution >= 0.6 is 35.0 Å². The number of primary amides is 1. The van der Waals surface area contributed by atoms with Crippen molar-refractivity contribution in [3.05, 3.63) is 87.7 Å². The van der Waals surface area contributed by atoms with Gasteiger partial charge in [0.15, 0.2) is 0 Å². The molecular weight excluding hydrogens is 673 g/mol. The van der Waals surface area contributed by atoms with Crippen molar-refractivity contribution < 1.29 is 19.5 Å². The van der Waals surface area contributed by atoms with Gasteiger partial charge < -0.3 is 31.8 Å². The van der Waals surface area contributed by atoms with E-state index in [-0.39, 0.29) is 19.4 Å². The molecule has 0 aliphatic rings. The van der Waals surface area contributed by atoms with Crippen molar-refractivity contribution >= 4 is 63.6 Å². The molecule has 2 aromatic carbocycles. The Labute approximate surface area is 294 Å². The van der Waals surface area contributed by atoms with E-state index in [4.69, 9.17) is 34.7 Å². The Balaban J connectivity index is 1.47. The zero-order valence-electron chi connectivity index (χ0n) is 26.8. The second-order valence-corrected chi connectivity index (χ2v) is 13.3. The molecule has 2 heterocycles. The standard InChI is InChI=1S/C34H41Cl2N7O4S/c1-20-14-23(35)16-25(36)30(20)48-33-21(8-7-13-39-33)17-41-28(19-44)32(46)42-27(11-5-6-12-37)34(47)43(2)29(31(38)45)15-22-18-40-26-10-4-3-9-24(22)26/h3-4,7-10,13-14,16,18,27-29,40-41,44H,5-6,11-12,15,17,19,37H2,1-2H3,(H2,38,45)(H,42,46)/t27-,28-,29-/m0/s1. The maximum atomic E-state index is 13.8. The molecule has 2 aromatic heterocycles. The SMILES string of the molecule is Cc1cc(Cl)cc(Cl)c1Sc1ncccc1CN[C@@H](CO)C(=O)N[C@@H](CCCCN)C(=O)N(C)[C@@H](Cc1c[nH]c2ccccc12)C(N)=O. The van der Waals surface area contributed by atoms with E-state index in [2.05, 4.69) is 20.6 Å². The minimum atomic E-state index is -1.04. The lowest BCUT2D eigenvalue weighted by molar-refractivity contribution is -0.141. The number of nitrogens with one attached hydrogen (secondary N) is 3. The Kier molecular flexibility index (Phi) is 13.7. The molecule has 0 bridgehead atoms. The lowest BCUT2D eigenvalue weighted by Gasteiger charge is -2.30. The van der Waals surface area contributed by atoms with E-state index in [1.54, 1.807) is 24.5 Å². The Hall–Kier alpha value is -3.65. The maximum Gasteiger partial charge on any atom is 0.245 e. The highest BCUT2D eigenvalue weighted by molar-refractivity contribution is 7.99. The summed E-state index contributed by atoms with van der Waals surface area (Å²) in [6.45, 7) is 1.99. The van der Waals surface area contributed by atoms with Gasteiger partial charge in [0.05, 0.1) is 11.6 Å². The quantitative estimate of drug-likeness (QED) is 0.0891. The number of fused-ring (bicyclic) bond motifs is 1. The zero-order valence-corrected chi connectivity index (χ0v) is 29.2. The maximum absolute atomic E-state index is 13.8. The molecule has 0 saturated carbocycles. The van der Waals surface area contributed by atoms with Gasteiger partial charge in [-0.2, -0.15) is 0 Å². The van der Waals surface area contributed by atoms with E-state index < -0.39 is 42.5 Å². The molecule has 3 atom stereocenters. The Bertz CT molecular complexity index is 1710. The summed E-state index contributed by atoms with van der Waals surface area (Å²) in [6.07, 6.45) is 5.13. The lowest BCUT2D eigenvalue weighted by atomic mass is 10.0. The van der Waals surface area contributed by atoms with Gasteiger partial charge in [-0.05, 0) is 73.7 Å². The van der Waals surface area contributed by atoms with Crippen LogP contribution in [0.5, 0.6) is 0 Å². The summed E-state index contributed by atoms with van der Waals surface area (Å²) >= 11 is 14.0. The molecule has 4 rings (SSSR count). The molecule has 48 heavy (non-hydrogen) atoms. The van der Waals surface area contributed by atoms with Crippen LogP contribution in [0.3, 0.4) is 0 Å². The van der Waals surface area contributed by atoms with Gasteiger partial charge in [-0.15, -0.1) is 0 Å². The number of nitrogens with zero attached hydrogens (tertiary/aromatic N) is 2. The van der Waals surface area contributed by atoms with Crippen LogP contribution in [0, 0.1) is 6.92 Å². The predicted molar refractivity (Wildman–Crippen MR) is 190 cm³/mol. The number of nitrogens with two attached hydrogens (primary N) is 2. The number of aliphatic hydroxyl groups excluding tert-OH is 1. The molecule has 0 radical (unpaired) electrons. The molecule has 8 N–H and O–H groups in total. The number of rotatable bonds is 17. The third-order valence-corrected chi connectivity index (χ3v) is 10.0. The number of hydrogen-bond acceptors (Lipinski definition) is 8. The van der Waals surface area contributed by atoms with E-state index >= 15 is 0 Å². The smallest absolute Gasteiger partial charge is 0.245 e. The number of hydrogen-bond donors (Lipinski definition) is 6. The molecule has 0 aliphatic heterocycles. The van der Waals surface area contributed by atoms with Gasteiger partial charge in [-0.25, -0.2) is 4.98 Å². The summed E-state index contributed by atoms with van der Waals surface area (Å²) in [4.78, 5) is 49.8. The van der Waals surface area contributed by atoms with E-state index in [0.717, 1.165) is 32.5 Å². The molecule has 0 unspecified atom stereocenters. The third kappa shape index (κ3) is 9.49. The van der Waals surface area contributed by atoms with Crippen molar-refractivity contribution in [1.29, 1.82) is 0 Å². The fourth-order valence-corrected chi connectivity index (χ4v) is 7.06. The number of para-hydroxylation sites is 1. The molecular formula is C34H41Cl2N7O4S. The van der Waals surface area contributed by atoms with Gasteiger partial charge in [-0.1, -0.05) is 59.2 Å². The molecule has 0 spiro atoms. The summed E-state index contributed by atoms with van der Waals surface area (Å²) in [6, 6.07) is 11.8. The average Bonchev–Trinajstić information content (AvgIpc) is 3.47. The molecule has 14 heteroatoms. The van der Waals surface area contributed by atoms with Crippen molar-refractivity contribution in [3.8, 4) is 0 Å². The number of aromatic nitrogens is 2. The first-order valence-corrected chi connectivity index (χ1v) is 17.1. The fourth-order valence-electron chi connectivity index (χ4n) is 5.40. The van der Waals surface area contributed by atoms with Crippen molar-refractivity contribution in [3.63, 3.8) is 0 Å². The van der Waals surface area contributed by atoms with Crippen LogP contribution in [-0.2, 0) is 27.3 Å². The van der Waals surface area contributed by atoms with Crippen molar-refractivity contribution in [1.82, 2.24) is 25.5 Å². The largest absolute Gasteiger partial charge is 0.394 e. The van der Waals surface area contributed by atoms with Crippen LogP contribution in [0.25, 0.3) is 10.9 Å². The van der Waals surface area contributed by atoms with E-state index in [1.807, 2.05) is 43.3 Å². The monoisotopic (exact) mass is 713 g/mol. The second-order valence-electron chi connectivity index (χ2n) is 11.5. The van der Waals surface area contributed by atoms with Crippen LogP contribution in [-0.4, -0.2) is 76.0 Å². The minimum Gasteiger partial charge on any atom is -0.394 e. The molecule has 4 aromatic rings. The lowest BCUT2D eigenvalue weighted by Crippen LogP contribution is -2.57. The van der Waals surface area contributed by atoms with E-state index in [9.17, 15) is 19.5 Å². The highest BCUT2D eigenvalue weighted by Crippen LogP contribution is 2.38. The first kappa shape index (κ1) is 37.2. The van der Waals surface area contributed by atoms with Gasteiger partial charge in [0.1, 0.15) is 23.2 Å². The number of likely N-dealkylation sites (N-methyl/N-ethyl adjacent to an activating group) is 1. The summed E-state index contributed by atoms with van der Waals surface area (Å²) in [7, 11) is 1.51. The normalized spacial score (nSPS) is 13.2. The number of carbonyl (C=O) groups excluding carboxylic acids is 3. The van der Waals surface area contributed by atoms with Gasteiger partial charge in [0.25, 0.3) is 0 Å².